The summed E-state index contributed by atoms with van der Waals surface area (Å²) in [6.45, 7) is 2.48. The Morgan fingerprint density at radius 1 is 1.35 bits per heavy atom. The summed E-state index contributed by atoms with van der Waals surface area (Å²) < 4.78 is 1.56. The van der Waals surface area contributed by atoms with Crippen LogP contribution in [0.4, 0.5) is 11.9 Å². The van der Waals surface area contributed by atoms with Crippen molar-refractivity contribution < 1.29 is 0 Å². The van der Waals surface area contributed by atoms with Crippen molar-refractivity contribution in [1.29, 1.82) is 0 Å². The molecule has 4 rings (SSSR count). The van der Waals surface area contributed by atoms with Crippen molar-refractivity contribution in [3.8, 4) is 0 Å². The molecule has 1 unspecified atom stereocenters. The van der Waals surface area contributed by atoms with E-state index < -0.39 is 0 Å². The second kappa shape index (κ2) is 6.31. The Balaban J connectivity index is 1.77. The van der Waals surface area contributed by atoms with Gasteiger partial charge in [0.25, 0.3) is 5.56 Å². The van der Waals surface area contributed by atoms with Crippen LogP contribution < -0.4 is 16.2 Å². The van der Waals surface area contributed by atoms with Crippen LogP contribution in [0.2, 0.25) is 0 Å². The predicted octanol–water partition coefficient (Wildman–Crippen LogP) is 1.46. The first-order valence-corrected chi connectivity index (χ1v) is 9.41. The van der Waals surface area contributed by atoms with Crippen molar-refractivity contribution in [1.82, 2.24) is 24.5 Å². The minimum Gasteiger partial charge on any atom is -0.368 e. The average Bonchev–Trinajstić information content (AvgIpc) is 2.95. The van der Waals surface area contributed by atoms with Crippen molar-refractivity contribution in [2.24, 2.45) is 5.92 Å². The van der Waals surface area contributed by atoms with E-state index in [0.29, 0.717) is 17.7 Å². The summed E-state index contributed by atoms with van der Waals surface area (Å²) in [6, 6.07) is 0. The van der Waals surface area contributed by atoms with Gasteiger partial charge in [-0.1, -0.05) is 6.92 Å². The van der Waals surface area contributed by atoms with Crippen molar-refractivity contribution in [2.75, 3.05) is 24.7 Å². The average molecular weight is 371 g/mol. The lowest BCUT2D eigenvalue weighted by Gasteiger charge is -2.17. The van der Waals surface area contributed by atoms with Gasteiger partial charge >= 0.3 is 0 Å². The van der Waals surface area contributed by atoms with E-state index in [0.717, 1.165) is 29.5 Å². The molecule has 1 aliphatic carbocycles. The maximum atomic E-state index is 13.1. The zero-order valence-electron chi connectivity index (χ0n) is 15.1. The summed E-state index contributed by atoms with van der Waals surface area (Å²) >= 11 is 1.65. The maximum absolute atomic E-state index is 13.1. The number of nitrogen functional groups attached to an aromatic ring is 1. The first-order valence-electron chi connectivity index (χ1n) is 8.60. The third-order valence-corrected chi connectivity index (χ3v) is 5.84. The van der Waals surface area contributed by atoms with E-state index in [1.54, 1.807) is 27.1 Å². The molecule has 2 N–H and O–H groups in total. The van der Waals surface area contributed by atoms with Crippen LogP contribution in [-0.4, -0.2) is 38.6 Å². The SMILES string of the molecule is CC1CCc2c(sc3ncn(Cc4nc(N)nc(N(C)C)n4)c(=O)c23)C1. The van der Waals surface area contributed by atoms with Crippen molar-refractivity contribution in [3.63, 3.8) is 0 Å². The number of hydrogen-bond donors (Lipinski definition) is 1. The summed E-state index contributed by atoms with van der Waals surface area (Å²) in [6.07, 6.45) is 4.67. The molecule has 0 radical (unpaired) electrons. The molecule has 0 fully saturated rings. The number of nitrogens with zero attached hydrogens (tertiary/aromatic N) is 6. The van der Waals surface area contributed by atoms with Crippen LogP contribution in [0.3, 0.4) is 0 Å². The topological polar surface area (TPSA) is 103 Å². The van der Waals surface area contributed by atoms with Crippen LogP contribution in [-0.2, 0) is 19.4 Å². The van der Waals surface area contributed by atoms with Gasteiger partial charge in [-0.2, -0.15) is 15.0 Å². The number of fused-ring (bicyclic) bond motifs is 3. The second-order valence-corrected chi connectivity index (χ2v) is 8.10. The summed E-state index contributed by atoms with van der Waals surface area (Å²) in [5, 5.41) is 0.759. The number of aryl methyl sites for hydroxylation is 1. The highest BCUT2D eigenvalue weighted by Crippen LogP contribution is 2.35. The molecule has 26 heavy (non-hydrogen) atoms. The van der Waals surface area contributed by atoms with Crippen molar-refractivity contribution in [3.05, 3.63) is 32.9 Å². The van der Waals surface area contributed by atoms with Crippen molar-refractivity contribution >= 4 is 33.5 Å². The molecule has 3 heterocycles. The normalized spacial score (nSPS) is 16.7. The monoisotopic (exact) mass is 371 g/mol. The van der Waals surface area contributed by atoms with Gasteiger partial charge in [0.1, 0.15) is 4.83 Å². The Kier molecular flexibility index (Phi) is 4.10. The smallest absolute Gasteiger partial charge is 0.262 e. The fourth-order valence-corrected chi connectivity index (χ4v) is 4.67. The number of nitrogens with two attached hydrogens (primary N) is 1. The highest BCUT2D eigenvalue weighted by atomic mass is 32.1. The molecular formula is C17H21N7OS. The highest BCUT2D eigenvalue weighted by Gasteiger charge is 2.23. The fourth-order valence-electron chi connectivity index (χ4n) is 3.33. The van der Waals surface area contributed by atoms with Gasteiger partial charge in [0.15, 0.2) is 5.82 Å². The molecule has 0 amide bonds. The Morgan fingerprint density at radius 3 is 2.92 bits per heavy atom. The Bertz CT molecular complexity index is 1040. The van der Waals surface area contributed by atoms with Gasteiger partial charge in [0.2, 0.25) is 11.9 Å². The second-order valence-electron chi connectivity index (χ2n) is 7.01. The quantitative estimate of drug-likeness (QED) is 0.743. The third kappa shape index (κ3) is 2.92. The predicted molar refractivity (Wildman–Crippen MR) is 103 cm³/mol. The van der Waals surface area contributed by atoms with Crippen LogP contribution in [0.25, 0.3) is 10.2 Å². The van der Waals surface area contributed by atoms with Gasteiger partial charge in [-0.15, -0.1) is 11.3 Å². The van der Waals surface area contributed by atoms with E-state index in [1.165, 1.54) is 10.4 Å². The largest absolute Gasteiger partial charge is 0.368 e. The number of hydrogen-bond acceptors (Lipinski definition) is 8. The molecule has 0 saturated carbocycles. The molecule has 1 atom stereocenters. The van der Waals surface area contributed by atoms with Crippen LogP contribution in [0.5, 0.6) is 0 Å². The summed E-state index contributed by atoms with van der Waals surface area (Å²) in [5.41, 5.74) is 6.92. The molecule has 0 aliphatic heterocycles. The van der Waals surface area contributed by atoms with E-state index in [9.17, 15) is 4.79 Å². The van der Waals surface area contributed by atoms with E-state index in [2.05, 4.69) is 26.9 Å². The van der Waals surface area contributed by atoms with Crippen molar-refractivity contribution in [2.45, 2.75) is 32.7 Å². The van der Waals surface area contributed by atoms with Crippen LogP contribution in [0.15, 0.2) is 11.1 Å². The summed E-state index contributed by atoms with van der Waals surface area (Å²) in [5.74, 6) is 1.72. The minimum absolute atomic E-state index is 0.0348. The van der Waals surface area contributed by atoms with E-state index in [1.807, 2.05) is 14.1 Å². The summed E-state index contributed by atoms with van der Waals surface area (Å²) in [4.78, 5) is 34.1. The van der Waals surface area contributed by atoms with Crippen LogP contribution >= 0.6 is 11.3 Å². The molecular weight excluding hydrogens is 350 g/mol. The molecule has 0 aromatic carbocycles. The third-order valence-electron chi connectivity index (χ3n) is 4.68. The van der Waals surface area contributed by atoms with Gasteiger partial charge in [-0.3, -0.25) is 9.36 Å². The lowest BCUT2D eigenvalue weighted by Crippen LogP contribution is -2.24. The zero-order chi connectivity index (χ0) is 18.4. The zero-order valence-corrected chi connectivity index (χ0v) is 15.9. The van der Waals surface area contributed by atoms with Crippen LogP contribution in [0, 0.1) is 5.92 Å². The molecule has 136 valence electrons. The molecule has 0 bridgehead atoms. The van der Waals surface area contributed by atoms with Gasteiger partial charge in [-0.25, -0.2) is 4.98 Å². The summed E-state index contributed by atoms with van der Waals surface area (Å²) in [7, 11) is 3.66. The van der Waals surface area contributed by atoms with Gasteiger partial charge in [0.05, 0.1) is 18.3 Å². The van der Waals surface area contributed by atoms with Gasteiger partial charge in [-0.05, 0) is 30.7 Å². The van der Waals surface area contributed by atoms with Gasteiger partial charge in [0, 0.05) is 19.0 Å². The number of aromatic nitrogens is 5. The Labute approximate surface area is 154 Å². The number of rotatable bonds is 3. The molecule has 3 aromatic rings. The minimum atomic E-state index is -0.0348. The molecule has 1 aliphatic rings. The first-order chi connectivity index (χ1) is 12.4. The molecule has 8 nitrogen and oxygen atoms in total. The van der Waals surface area contributed by atoms with E-state index >= 15 is 0 Å². The Morgan fingerprint density at radius 2 is 2.15 bits per heavy atom. The van der Waals surface area contributed by atoms with E-state index in [4.69, 9.17) is 5.73 Å². The molecule has 9 heteroatoms. The van der Waals surface area contributed by atoms with Crippen LogP contribution in [0.1, 0.15) is 29.6 Å². The lowest BCUT2D eigenvalue weighted by molar-refractivity contribution is 0.509. The Hall–Kier alpha value is -2.55. The molecule has 3 aromatic heterocycles. The number of anilines is 2. The molecule has 0 saturated heterocycles. The fraction of sp³-hybridized carbons (Fsp3) is 0.471. The van der Waals surface area contributed by atoms with Gasteiger partial charge < -0.3 is 10.6 Å². The standard InChI is InChI=1S/C17H21N7OS/c1-9-4-5-10-11(6-9)26-14-13(10)15(25)24(8-19-14)7-12-20-16(18)22-17(21-12)23(2)3/h8-9H,4-7H2,1-3H3,(H2,18,20,21,22). The highest BCUT2D eigenvalue weighted by molar-refractivity contribution is 7.18. The lowest BCUT2D eigenvalue weighted by atomic mass is 9.89. The first kappa shape index (κ1) is 16.9. The molecule has 0 spiro atoms. The maximum Gasteiger partial charge on any atom is 0.262 e. The number of thiophene rings is 1. The van der Waals surface area contributed by atoms with E-state index in [-0.39, 0.29) is 18.1 Å².